The molecule has 6 heteroatoms. The number of sulfonamides is 1. The minimum absolute atomic E-state index is 0.0730. The molecule has 1 aromatic carbocycles. The first-order valence-electron chi connectivity index (χ1n) is 9.28. The second-order valence-electron chi connectivity index (χ2n) is 7.29. The molecule has 1 heterocycles. The van der Waals surface area contributed by atoms with E-state index in [1.54, 1.807) is 6.92 Å². The molecule has 0 radical (unpaired) electrons. The molecule has 1 saturated heterocycles. The fourth-order valence-corrected chi connectivity index (χ4v) is 5.07. The molecule has 0 atom stereocenters. The van der Waals surface area contributed by atoms with E-state index in [1.807, 2.05) is 6.07 Å². The first-order valence-corrected chi connectivity index (χ1v) is 10.9. The molecule has 1 saturated carbocycles. The van der Waals surface area contributed by atoms with Gasteiger partial charge in [0.05, 0.1) is 5.75 Å². The van der Waals surface area contributed by atoms with Crippen LogP contribution in [0.2, 0.25) is 0 Å². The number of hydrogen-bond donors (Lipinski definition) is 1. The van der Waals surface area contributed by atoms with Crippen molar-refractivity contribution in [2.75, 3.05) is 25.4 Å². The summed E-state index contributed by atoms with van der Waals surface area (Å²) in [5.41, 5.74) is 1.40. The Kier molecular flexibility index (Phi) is 5.49. The van der Waals surface area contributed by atoms with Crippen molar-refractivity contribution in [1.82, 2.24) is 9.62 Å². The van der Waals surface area contributed by atoms with Crippen molar-refractivity contribution in [1.29, 1.82) is 0 Å². The third-order valence-electron chi connectivity index (χ3n) is 5.88. The fraction of sp³-hybridized carbons (Fsp3) is 0.632. The van der Waals surface area contributed by atoms with Crippen LogP contribution in [0.4, 0.5) is 0 Å². The molecule has 0 bridgehead atoms. The summed E-state index contributed by atoms with van der Waals surface area (Å²) < 4.78 is 25.4. The lowest BCUT2D eigenvalue weighted by atomic mass is 9.64. The Balaban J connectivity index is 1.54. The van der Waals surface area contributed by atoms with Crippen LogP contribution in [0.25, 0.3) is 0 Å². The Morgan fingerprint density at radius 1 is 1.20 bits per heavy atom. The van der Waals surface area contributed by atoms with E-state index in [2.05, 4.69) is 29.6 Å². The summed E-state index contributed by atoms with van der Waals surface area (Å²) in [7, 11) is -3.14. The van der Waals surface area contributed by atoms with Gasteiger partial charge >= 0.3 is 0 Å². The zero-order valence-corrected chi connectivity index (χ0v) is 15.7. The summed E-state index contributed by atoms with van der Waals surface area (Å²) in [6.45, 7) is 3.26. The van der Waals surface area contributed by atoms with Crippen LogP contribution in [0.3, 0.4) is 0 Å². The van der Waals surface area contributed by atoms with Gasteiger partial charge in [-0.3, -0.25) is 4.79 Å². The molecule has 1 N–H and O–H groups in total. The molecular weight excluding hydrogens is 336 g/mol. The lowest BCUT2D eigenvalue weighted by Crippen LogP contribution is -2.49. The van der Waals surface area contributed by atoms with E-state index in [0.29, 0.717) is 32.5 Å². The van der Waals surface area contributed by atoms with Gasteiger partial charge in [-0.2, -0.15) is 0 Å². The highest BCUT2D eigenvalue weighted by Gasteiger charge is 2.39. The Bertz CT molecular complexity index is 691. The normalized spacial score (nSPS) is 21.5. The molecule has 0 unspecified atom stereocenters. The first-order chi connectivity index (χ1) is 12.0. The summed E-state index contributed by atoms with van der Waals surface area (Å²) in [5, 5.41) is 3.15. The minimum Gasteiger partial charge on any atom is -0.355 e. The van der Waals surface area contributed by atoms with Gasteiger partial charge in [0.15, 0.2) is 0 Å². The first kappa shape index (κ1) is 18.4. The zero-order chi connectivity index (χ0) is 17.9. The van der Waals surface area contributed by atoms with Crippen molar-refractivity contribution >= 4 is 15.9 Å². The number of rotatable bonds is 6. The summed E-state index contributed by atoms with van der Waals surface area (Å²) in [5.74, 6) is 0.135. The number of benzene rings is 1. The summed E-state index contributed by atoms with van der Waals surface area (Å²) in [6, 6.07) is 10.4. The molecule has 0 aromatic heterocycles. The monoisotopic (exact) mass is 364 g/mol. The van der Waals surface area contributed by atoms with E-state index in [9.17, 15) is 13.2 Å². The molecule has 25 heavy (non-hydrogen) atoms. The number of nitrogens with one attached hydrogen (secondary N) is 1. The van der Waals surface area contributed by atoms with Crippen LogP contribution in [-0.2, 0) is 20.2 Å². The maximum Gasteiger partial charge on any atom is 0.223 e. The van der Waals surface area contributed by atoms with E-state index in [-0.39, 0.29) is 23.0 Å². The highest BCUT2D eigenvalue weighted by atomic mass is 32.2. The number of carbonyl (C=O) groups excluding carboxylic acids is 1. The quantitative estimate of drug-likeness (QED) is 0.842. The lowest BCUT2D eigenvalue weighted by molar-refractivity contribution is -0.126. The topological polar surface area (TPSA) is 66.5 Å². The number of nitrogens with zero attached hydrogens (tertiary/aromatic N) is 1. The molecular formula is C19H28N2O3S. The van der Waals surface area contributed by atoms with Crippen LogP contribution in [-0.4, -0.2) is 44.0 Å². The molecule has 5 nitrogen and oxygen atoms in total. The third-order valence-corrected chi connectivity index (χ3v) is 7.76. The van der Waals surface area contributed by atoms with Crippen molar-refractivity contribution in [2.45, 2.75) is 44.4 Å². The summed E-state index contributed by atoms with van der Waals surface area (Å²) >= 11 is 0. The van der Waals surface area contributed by atoms with Gasteiger partial charge in [0.1, 0.15) is 0 Å². The van der Waals surface area contributed by atoms with Crippen molar-refractivity contribution < 1.29 is 13.2 Å². The number of amides is 1. The van der Waals surface area contributed by atoms with Crippen LogP contribution < -0.4 is 5.32 Å². The Hall–Kier alpha value is -1.40. The number of carbonyl (C=O) groups is 1. The molecule has 1 amide bonds. The third kappa shape index (κ3) is 3.90. The predicted octanol–water partition coefficient (Wildman–Crippen LogP) is 2.29. The Morgan fingerprint density at radius 3 is 2.36 bits per heavy atom. The van der Waals surface area contributed by atoms with Gasteiger partial charge in [-0.05, 0) is 38.2 Å². The van der Waals surface area contributed by atoms with Crippen LogP contribution >= 0.6 is 0 Å². The highest BCUT2D eigenvalue weighted by Crippen LogP contribution is 2.43. The van der Waals surface area contributed by atoms with Crippen LogP contribution in [0.1, 0.15) is 44.6 Å². The van der Waals surface area contributed by atoms with E-state index >= 15 is 0 Å². The lowest BCUT2D eigenvalue weighted by Gasteiger charge is -2.43. The average molecular weight is 365 g/mol. The second kappa shape index (κ2) is 7.46. The number of hydrogen-bond acceptors (Lipinski definition) is 3. The SMILES string of the molecule is CCS(=O)(=O)N1CCC(C(=O)NCC2(c3ccccc3)CCC2)CC1. The largest absolute Gasteiger partial charge is 0.355 e. The van der Waals surface area contributed by atoms with Crippen LogP contribution in [0, 0.1) is 5.92 Å². The van der Waals surface area contributed by atoms with E-state index in [1.165, 1.54) is 16.3 Å². The van der Waals surface area contributed by atoms with Gasteiger partial charge in [0, 0.05) is 31.0 Å². The van der Waals surface area contributed by atoms with Gasteiger partial charge in [0.2, 0.25) is 15.9 Å². The van der Waals surface area contributed by atoms with Crippen LogP contribution in [0.5, 0.6) is 0 Å². The summed E-state index contributed by atoms with van der Waals surface area (Å²) in [4.78, 5) is 12.6. The van der Waals surface area contributed by atoms with Gasteiger partial charge in [0.25, 0.3) is 0 Å². The van der Waals surface area contributed by atoms with E-state index in [4.69, 9.17) is 0 Å². The van der Waals surface area contributed by atoms with Crippen molar-refractivity contribution in [3.63, 3.8) is 0 Å². The molecule has 1 aromatic rings. The molecule has 2 aliphatic rings. The molecule has 3 rings (SSSR count). The molecule has 2 fully saturated rings. The molecule has 1 aliphatic carbocycles. The minimum atomic E-state index is -3.14. The van der Waals surface area contributed by atoms with Gasteiger partial charge < -0.3 is 5.32 Å². The van der Waals surface area contributed by atoms with Crippen molar-refractivity contribution in [2.24, 2.45) is 5.92 Å². The Morgan fingerprint density at radius 2 is 1.84 bits per heavy atom. The molecule has 1 aliphatic heterocycles. The van der Waals surface area contributed by atoms with Crippen molar-refractivity contribution in [3.05, 3.63) is 35.9 Å². The average Bonchev–Trinajstić information content (AvgIpc) is 2.61. The molecule has 0 spiro atoms. The maximum absolute atomic E-state index is 12.6. The Labute approximate surface area is 150 Å². The van der Waals surface area contributed by atoms with Gasteiger partial charge in [-0.15, -0.1) is 0 Å². The molecule has 138 valence electrons. The predicted molar refractivity (Wildman–Crippen MR) is 98.7 cm³/mol. The highest BCUT2D eigenvalue weighted by molar-refractivity contribution is 7.89. The van der Waals surface area contributed by atoms with Crippen LogP contribution in [0.15, 0.2) is 30.3 Å². The maximum atomic E-state index is 12.6. The van der Waals surface area contributed by atoms with Gasteiger partial charge in [-0.25, -0.2) is 12.7 Å². The summed E-state index contributed by atoms with van der Waals surface area (Å²) in [6.07, 6.45) is 4.67. The van der Waals surface area contributed by atoms with Crippen molar-refractivity contribution in [3.8, 4) is 0 Å². The smallest absolute Gasteiger partial charge is 0.223 e. The second-order valence-corrected chi connectivity index (χ2v) is 9.55. The van der Waals surface area contributed by atoms with E-state index in [0.717, 1.165) is 12.8 Å². The van der Waals surface area contributed by atoms with Gasteiger partial charge in [-0.1, -0.05) is 36.8 Å². The zero-order valence-electron chi connectivity index (χ0n) is 14.9. The number of piperidine rings is 1. The standard InChI is InChI=1S/C19H28N2O3S/c1-2-25(23,24)21-13-9-16(10-14-21)18(22)20-15-19(11-6-12-19)17-7-4-3-5-8-17/h3-5,7-8,16H,2,6,9-15H2,1H3,(H,20,22). The fourth-order valence-electron chi connectivity index (χ4n) is 3.94. The van der Waals surface area contributed by atoms with E-state index < -0.39 is 10.0 Å².